The molecule has 0 fully saturated rings. The van der Waals surface area contributed by atoms with Gasteiger partial charge in [0.15, 0.2) is 0 Å². The van der Waals surface area contributed by atoms with Crippen LogP contribution in [-0.2, 0) is 11.3 Å². The van der Waals surface area contributed by atoms with E-state index >= 15 is 0 Å². The number of ether oxygens (including phenoxy) is 1. The number of aryl methyl sites for hydroxylation is 1. The Kier molecular flexibility index (Phi) is 3.01. The van der Waals surface area contributed by atoms with Crippen LogP contribution in [0.3, 0.4) is 0 Å². The molecule has 4 nitrogen and oxygen atoms in total. The lowest BCUT2D eigenvalue weighted by atomic mass is 10.1. The predicted octanol–water partition coefficient (Wildman–Crippen LogP) is 3.08. The summed E-state index contributed by atoms with van der Waals surface area (Å²) in [5, 5.41) is 1.05. The fraction of sp³-hybridized carbons (Fsp3) is 0.200. The van der Waals surface area contributed by atoms with Gasteiger partial charge in [-0.1, -0.05) is 24.3 Å². The second-order valence-electron chi connectivity index (χ2n) is 4.49. The van der Waals surface area contributed by atoms with Gasteiger partial charge in [-0.3, -0.25) is 0 Å². The largest absolute Gasteiger partial charge is 0.380 e. The smallest absolute Gasteiger partial charge is 0.141 e. The number of rotatable bonds is 3. The van der Waals surface area contributed by atoms with Crippen molar-refractivity contribution in [2.75, 3.05) is 7.11 Å². The van der Waals surface area contributed by atoms with Crippen molar-refractivity contribution in [2.45, 2.75) is 13.5 Å². The zero-order valence-corrected chi connectivity index (χ0v) is 11.0. The van der Waals surface area contributed by atoms with Crippen LogP contribution in [0.2, 0.25) is 0 Å². The Balaban J connectivity index is 2.10. The first-order chi connectivity index (χ1) is 9.28. The zero-order valence-electron chi connectivity index (χ0n) is 11.0. The lowest BCUT2D eigenvalue weighted by Crippen LogP contribution is -1.93. The average molecular weight is 253 g/mol. The highest BCUT2D eigenvalue weighted by atomic mass is 16.5. The first kappa shape index (κ1) is 11.9. The Morgan fingerprint density at radius 3 is 2.63 bits per heavy atom. The molecular weight excluding hydrogens is 238 g/mol. The van der Waals surface area contributed by atoms with Gasteiger partial charge in [-0.05, 0) is 18.6 Å². The van der Waals surface area contributed by atoms with Crippen LogP contribution in [-0.4, -0.2) is 22.1 Å². The normalized spacial score (nSPS) is 11.1. The number of aromatic nitrogens is 3. The molecule has 4 heteroatoms. The quantitative estimate of drug-likeness (QED) is 0.780. The fourth-order valence-corrected chi connectivity index (χ4v) is 2.20. The maximum absolute atomic E-state index is 5.12. The average Bonchev–Trinajstić information content (AvgIpc) is 2.87. The maximum Gasteiger partial charge on any atom is 0.141 e. The summed E-state index contributed by atoms with van der Waals surface area (Å²) in [6.07, 6.45) is 1.89. The lowest BCUT2D eigenvalue weighted by molar-refractivity contribution is 0.185. The third-order valence-corrected chi connectivity index (χ3v) is 3.07. The molecule has 0 aliphatic heterocycles. The molecule has 0 radical (unpaired) electrons. The molecule has 0 unspecified atom stereocenters. The Bertz CT molecular complexity index is 701. The lowest BCUT2D eigenvalue weighted by Gasteiger charge is -2.05. The molecule has 0 saturated heterocycles. The molecule has 96 valence electrons. The van der Waals surface area contributed by atoms with E-state index in [-0.39, 0.29) is 0 Å². The van der Waals surface area contributed by atoms with Crippen molar-refractivity contribution < 1.29 is 4.74 Å². The molecule has 3 rings (SSSR count). The van der Waals surface area contributed by atoms with Crippen molar-refractivity contribution >= 4 is 11.0 Å². The Labute approximate surface area is 111 Å². The molecule has 0 atom stereocenters. The third kappa shape index (κ3) is 2.22. The van der Waals surface area contributed by atoms with Gasteiger partial charge in [0, 0.05) is 24.3 Å². The summed E-state index contributed by atoms with van der Waals surface area (Å²) in [5.41, 5.74) is 4.09. The first-order valence-corrected chi connectivity index (χ1v) is 6.18. The summed E-state index contributed by atoms with van der Waals surface area (Å²) in [4.78, 5) is 12.1. The van der Waals surface area contributed by atoms with E-state index in [2.05, 4.69) is 39.2 Å². The van der Waals surface area contributed by atoms with Crippen molar-refractivity contribution in [3.8, 4) is 11.3 Å². The number of H-pyrrole nitrogens is 1. The van der Waals surface area contributed by atoms with Gasteiger partial charge in [-0.15, -0.1) is 0 Å². The number of hydrogen-bond donors (Lipinski definition) is 1. The number of fused-ring (bicyclic) bond motifs is 1. The number of benzene rings is 1. The van der Waals surface area contributed by atoms with Gasteiger partial charge in [0.05, 0.1) is 12.3 Å². The van der Waals surface area contributed by atoms with Gasteiger partial charge in [0.25, 0.3) is 0 Å². The summed E-state index contributed by atoms with van der Waals surface area (Å²) in [6, 6.07) is 10.3. The summed E-state index contributed by atoms with van der Waals surface area (Å²) in [6.45, 7) is 2.53. The van der Waals surface area contributed by atoms with Gasteiger partial charge in [0.2, 0.25) is 0 Å². The van der Waals surface area contributed by atoms with Crippen LogP contribution in [0, 0.1) is 6.92 Å². The van der Waals surface area contributed by atoms with Crippen LogP contribution < -0.4 is 0 Å². The van der Waals surface area contributed by atoms with E-state index in [1.807, 2.05) is 19.2 Å². The third-order valence-electron chi connectivity index (χ3n) is 3.07. The molecule has 0 bridgehead atoms. The summed E-state index contributed by atoms with van der Waals surface area (Å²) in [7, 11) is 1.70. The van der Waals surface area contributed by atoms with E-state index in [9.17, 15) is 0 Å². The van der Waals surface area contributed by atoms with E-state index in [4.69, 9.17) is 4.74 Å². The molecule has 1 aromatic carbocycles. The summed E-state index contributed by atoms with van der Waals surface area (Å²) in [5.74, 6) is 0.769. The van der Waals surface area contributed by atoms with Crippen molar-refractivity contribution in [3.05, 3.63) is 47.9 Å². The molecule has 19 heavy (non-hydrogen) atoms. The van der Waals surface area contributed by atoms with Gasteiger partial charge < -0.3 is 9.72 Å². The second kappa shape index (κ2) is 4.82. The van der Waals surface area contributed by atoms with Crippen molar-refractivity contribution in [1.29, 1.82) is 0 Å². The van der Waals surface area contributed by atoms with Crippen molar-refractivity contribution in [1.82, 2.24) is 15.0 Å². The molecule has 0 spiro atoms. The predicted molar refractivity (Wildman–Crippen MR) is 74.8 cm³/mol. The van der Waals surface area contributed by atoms with Gasteiger partial charge in [0.1, 0.15) is 11.5 Å². The highest BCUT2D eigenvalue weighted by Crippen LogP contribution is 2.25. The maximum atomic E-state index is 5.12. The molecule has 0 saturated carbocycles. The van der Waals surface area contributed by atoms with Gasteiger partial charge in [-0.25, -0.2) is 9.97 Å². The Hall–Kier alpha value is -2.20. The number of methoxy groups -OCH3 is 1. The molecule has 2 heterocycles. The molecule has 0 aliphatic rings. The number of hydrogen-bond acceptors (Lipinski definition) is 3. The zero-order chi connectivity index (χ0) is 13.2. The Morgan fingerprint density at radius 1 is 1.11 bits per heavy atom. The summed E-state index contributed by atoms with van der Waals surface area (Å²) >= 11 is 0. The van der Waals surface area contributed by atoms with Crippen LogP contribution in [0.4, 0.5) is 0 Å². The molecule has 2 aromatic heterocycles. The van der Waals surface area contributed by atoms with Gasteiger partial charge in [-0.2, -0.15) is 0 Å². The molecular formula is C15H15N3O. The number of nitrogens with one attached hydrogen (secondary N) is 1. The minimum Gasteiger partial charge on any atom is -0.380 e. The van der Waals surface area contributed by atoms with Crippen LogP contribution in [0.25, 0.3) is 22.3 Å². The number of nitrogens with zero attached hydrogens (tertiary/aromatic N) is 2. The first-order valence-electron chi connectivity index (χ1n) is 6.18. The second-order valence-corrected chi connectivity index (χ2v) is 4.49. The van der Waals surface area contributed by atoms with E-state index < -0.39 is 0 Å². The Morgan fingerprint density at radius 2 is 1.89 bits per heavy atom. The minimum absolute atomic E-state index is 0.628. The van der Waals surface area contributed by atoms with Crippen LogP contribution >= 0.6 is 0 Å². The van der Waals surface area contributed by atoms with Crippen LogP contribution in [0.15, 0.2) is 36.5 Å². The molecule has 0 amide bonds. The summed E-state index contributed by atoms with van der Waals surface area (Å²) < 4.78 is 5.12. The fourth-order valence-electron chi connectivity index (χ4n) is 2.20. The van der Waals surface area contributed by atoms with E-state index in [0.717, 1.165) is 33.7 Å². The van der Waals surface area contributed by atoms with Crippen molar-refractivity contribution in [2.24, 2.45) is 0 Å². The van der Waals surface area contributed by atoms with Crippen LogP contribution in [0.1, 0.15) is 11.4 Å². The number of aromatic amines is 1. The highest BCUT2D eigenvalue weighted by molar-refractivity contribution is 5.90. The standard InChI is InChI=1S/C15H15N3O/c1-10-17-14(13-7-8-16-15(13)18-10)12-5-3-11(4-6-12)9-19-2/h3-8H,9H2,1-2H3,(H,16,17,18). The highest BCUT2D eigenvalue weighted by Gasteiger charge is 2.08. The van der Waals surface area contributed by atoms with Crippen LogP contribution in [0.5, 0.6) is 0 Å². The molecule has 3 aromatic rings. The minimum atomic E-state index is 0.628. The molecule has 0 aliphatic carbocycles. The topological polar surface area (TPSA) is 50.8 Å². The van der Waals surface area contributed by atoms with E-state index in [0.29, 0.717) is 6.61 Å². The molecule has 1 N–H and O–H groups in total. The van der Waals surface area contributed by atoms with E-state index in [1.54, 1.807) is 7.11 Å². The van der Waals surface area contributed by atoms with Gasteiger partial charge >= 0.3 is 0 Å². The van der Waals surface area contributed by atoms with Crippen molar-refractivity contribution in [3.63, 3.8) is 0 Å². The SMILES string of the molecule is COCc1ccc(-c2nc(C)nc3[nH]ccc23)cc1. The monoisotopic (exact) mass is 253 g/mol. The van der Waals surface area contributed by atoms with E-state index in [1.165, 1.54) is 0 Å².